The molecule has 0 radical (unpaired) electrons. The summed E-state index contributed by atoms with van der Waals surface area (Å²) in [6, 6.07) is 0. The van der Waals surface area contributed by atoms with Crippen LogP contribution in [0.3, 0.4) is 0 Å². The number of rotatable bonds is 3. The molecule has 0 saturated heterocycles. The summed E-state index contributed by atoms with van der Waals surface area (Å²) in [5.74, 6) is -1.09. The molecule has 0 aliphatic rings. The van der Waals surface area contributed by atoms with E-state index >= 15 is 0 Å². The smallest absolute Gasteiger partial charge is 0.397 e. The molecule has 0 atom stereocenters. The van der Waals surface area contributed by atoms with Crippen LogP contribution in [0.5, 0.6) is 5.75 Å². The van der Waals surface area contributed by atoms with Crippen molar-refractivity contribution in [1.82, 2.24) is 4.98 Å². The number of aromatic nitrogens is 1. The molecular formula is C8H6ClF3N2O3. The van der Waals surface area contributed by atoms with E-state index < -0.39 is 22.7 Å². The van der Waals surface area contributed by atoms with E-state index in [1.807, 2.05) is 0 Å². The zero-order valence-electron chi connectivity index (χ0n) is 8.42. The molecule has 0 saturated carbocycles. The first kappa shape index (κ1) is 13.5. The van der Waals surface area contributed by atoms with Gasteiger partial charge in [0, 0.05) is 0 Å². The molecule has 0 aromatic carbocycles. The average Bonchev–Trinajstić information content (AvgIpc) is 2.14. The molecule has 0 bridgehead atoms. The van der Waals surface area contributed by atoms with Crippen LogP contribution in [-0.2, 0) is 5.88 Å². The summed E-state index contributed by atoms with van der Waals surface area (Å²) in [4.78, 5) is 13.3. The third-order valence-corrected chi connectivity index (χ3v) is 2.15. The van der Waals surface area contributed by atoms with Gasteiger partial charge in [0.05, 0.1) is 28.3 Å². The SMILES string of the molecule is Cc1c(CCl)ncc(OC(F)(F)F)c1[N+](=O)[O-]. The molecule has 0 amide bonds. The Bertz CT molecular complexity index is 450. The van der Waals surface area contributed by atoms with E-state index in [0.29, 0.717) is 6.20 Å². The highest BCUT2D eigenvalue weighted by molar-refractivity contribution is 6.17. The molecule has 0 spiro atoms. The Hall–Kier alpha value is -1.57. The second kappa shape index (κ2) is 4.74. The highest BCUT2D eigenvalue weighted by Gasteiger charge is 2.35. The summed E-state index contributed by atoms with van der Waals surface area (Å²) >= 11 is 5.45. The zero-order chi connectivity index (χ0) is 13.2. The van der Waals surface area contributed by atoms with Crippen molar-refractivity contribution in [2.24, 2.45) is 0 Å². The van der Waals surface area contributed by atoms with Crippen molar-refractivity contribution in [3.05, 3.63) is 27.6 Å². The lowest BCUT2D eigenvalue weighted by Crippen LogP contribution is -2.18. The number of nitrogens with zero attached hydrogens (tertiary/aromatic N) is 2. The summed E-state index contributed by atoms with van der Waals surface area (Å²) < 4.78 is 39.5. The van der Waals surface area contributed by atoms with E-state index in [9.17, 15) is 23.3 Å². The van der Waals surface area contributed by atoms with Gasteiger partial charge in [-0.3, -0.25) is 15.1 Å². The van der Waals surface area contributed by atoms with Gasteiger partial charge in [0.25, 0.3) is 0 Å². The van der Waals surface area contributed by atoms with E-state index in [-0.39, 0.29) is 17.1 Å². The molecule has 0 N–H and O–H groups in total. The van der Waals surface area contributed by atoms with Crippen molar-refractivity contribution in [3.8, 4) is 5.75 Å². The molecule has 1 aromatic rings. The number of hydrogen-bond donors (Lipinski definition) is 0. The lowest BCUT2D eigenvalue weighted by molar-refractivity contribution is -0.389. The van der Waals surface area contributed by atoms with E-state index in [4.69, 9.17) is 11.6 Å². The van der Waals surface area contributed by atoms with E-state index in [1.54, 1.807) is 0 Å². The standard InChI is InChI=1S/C8H6ClF3N2O3/c1-4-5(2-9)13-3-6(7(4)14(15)16)17-8(10,11)12/h3H,2H2,1H3. The van der Waals surface area contributed by atoms with Crippen molar-refractivity contribution >= 4 is 17.3 Å². The third-order valence-electron chi connectivity index (χ3n) is 1.89. The van der Waals surface area contributed by atoms with Gasteiger partial charge in [0.15, 0.2) is 0 Å². The Labute approximate surface area is 98.3 Å². The number of nitro groups is 1. The normalized spacial score (nSPS) is 11.4. The fourth-order valence-corrected chi connectivity index (χ4v) is 1.45. The molecule has 0 aliphatic carbocycles. The van der Waals surface area contributed by atoms with Gasteiger partial charge < -0.3 is 4.74 Å². The molecule has 5 nitrogen and oxygen atoms in total. The van der Waals surface area contributed by atoms with Gasteiger partial charge in [-0.05, 0) is 6.92 Å². The van der Waals surface area contributed by atoms with Crippen molar-refractivity contribution in [3.63, 3.8) is 0 Å². The lowest BCUT2D eigenvalue weighted by Gasteiger charge is -2.11. The van der Waals surface area contributed by atoms with Gasteiger partial charge in [0.1, 0.15) is 0 Å². The third kappa shape index (κ3) is 3.19. The van der Waals surface area contributed by atoms with E-state index in [1.165, 1.54) is 6.92 Å². The minimum absolute atomic E-state index is 0.0493. The van der Waals surface area contributed by atoms with Gasteiger partial charge in [-0.25, -0.2) is 0 Å². The van der Waals surface area contributed by atoms with Crippen LogP contribution in [0.25, 0.3) is 0 Å². The first-order valence-electron chi connectivity index (χ1n) is 4.21. The second-order valence-electron chi connectivity index (χ2n) is 2.98. The second-order valence-corrected chi connectivity index (χ2v) is 3.25. The quantitative estimate of drug-likeness (QED) is 0.481. The maximum Gasteiger partial charge on any atom is 0.573 e. The average molecular weight is 271 g/mol. The van der Waals surface area contributed by atoms with Crippen molar-refractivity contribution < 1.29 is 22.8 Å². The van der Waals surface area contributed by atoms with Gasteiger partial charge in [-0.15, -0.1) is 24.8 Å². The Morgan fingerprint density at radius 3 is 2.59 bits per heavy atom. The minimum atomic E-state index is -5.01. The molecule has 1 heterocycles. The predicted molar refractivity (Wildman–Crippen MR) is 51.9 cm³/mol. The highest BCUT2D eigenvalue weighted by atomic mass is 35.5. The van der Waals surface area contributed by atoms with Crippen molar-refractivity contribution in [2.75, 3.05) is 0 Å². The fourth-order valence-electron chi connectivity index (χ4n) is 1.18. The van der Waals surface area contributed by atoms with Crippen LogP contribution < -0.4 is 4.74 Å². The van der Waals surface area contributed by atoms with Crippen LogP contribution in [0.15, 0.2) is 6.20 Å². The Morgan fingerprint density at radius 2 is 2.18 bits per heavy atom. The van der Waals surface area contributed by atoms with Gasteiger partial charge in [0.2, 0.25) is 5.75 Å². The molecule has 0 unspecified atom stereocenters. The van der Waals surface area contributed by atoms with Crippen LogP contribution in [0, 0.1) is 17.0 Å². The molecule has 0 aliphatic heterocycles. The topological polar surface area (TPSA) is 65.3 Å². The lowest BCUT2D eigenvalue weighted by atomic mass is 10.2. The summed E-state index contributed by atoms with van der Waals surface area (Å²) in [6.45, 7) is 1.26. The summed E-state index contributed by atoms with van der Waals surface area (Å²) in [6.07, 6.45) is -4.38. The monoisotopic (exact) mass is 270 g/mol. The summed E-state index contributed by atoms with van der Waals surface area (Å²) in [5.41, 5.74) is -0.701. The number of ether oxygens (including phenoxy) is 1. The largest absolute Gasteiger partial charge is 0.573 e. The molecule has 1 aromatic heterocycles. The number of hydrogen-bond acceptors (Lipinski definition) is 4. The Kier molecular flexibility index (Phi) is 3.76. The van der Waals surface area contributed by atoms with Crippen LogP contribution in [0.1, 0.15) is 11.3 Å². The first-order valence-corrected chi connectivity index (χ1v) is 4.74. The molecular weight excluding hydrogens is 265 g/mol. The van der Waals surface area contributed by atoms with E-state index in [2.05, 4.69) is 9.72 Å². The van der Waals surface area contributed by atoms with E-state index in [0.717, 1.165) is 0 Å². The van der Waals surface area contributed by atoms with Crippen LogP contribution >= 0.6 is 11.6 Å². The van der Waals surface area contributed by atoms with Gasteiger partial charge in [-0.2, -0.15) is 0 Å². The molecule has 94 valence electrons. The number of pyridine rings is 1. The fraction of sp³-hybridized carbons (Fsp3) is 0.375. The highest BCUT2D eigenvalue weighted by Crippen LogP contribution is 2.35. The maximum absolute atomic E-state index is 12.0. The summed E-state index contributed by atoms with van der Waals surface area (Å²) in [7, 11) is 0. The van der Waals surface area contributed by atoms with Crippen LogP contribution in [0.4, 0.5) is 18.9 Å². The van der Waals surface area contributed by atoms with Crippen molar-refractivity contribution in [1.29, 1.82) is 0 Å². The van der Waals surface area contributed by atoms with Crippen molar-refractivity contribution in [2.45, 2.75) is 19.2 Å². The zero-order valence-corrected chi connectivity index (χ0v) is 9.17. The molecule has 17 heavy (non-hydrogen) atoms. The van der Waals surface area contributed by atoms with Gasteiger partial charge in [-0.1, -0.05) is 0 Å². The minimum Gasteiger partial charge on any atom is -0.397 e. The Balaban J connectivity index is 3.32. The predicted octanol–water partition coefficient (Wildman–Crippen LogP) is 2.94. The molecule has 0 fully saturated rings. The summed E-state index contributed by atoms with van der Waals surface area (Å²) in [5, 5.41) is 10.7. The molecule has 1 rings (SSSR count). The van der Waals surface area contributed by atoms with Gasteiger partial charge >= 0.3 is 12.0 Å². The Morgan fingerprint density at radius 1 is 1.59 bits per heavy atom. The van der Waals surface area contributed by atoms with Crippen LogP contribution in [-0.4, -0.2) is 16.3 Å². The number of alkyl halides is 4. The first-order chi connectivity index (χ1) is 7.76. The molecule has 9 heteroatoms. The van der Waals surface area contributed by atoms with Crippen LogP contribution in [0.2, 0.25) is 0 Å². The maximum atomic E-state index is 12.0. The number of halogens is 4.